The van der Waals surface area contributed by atoms with Crippen LogP contribution >= 0.6 is 0 Å². The summed E-state index contributed by atoms with van der Waals surface area (Å²) in [6, 6.07) is 3.93. The minimum atomic E-state index is -0.690. The van der Waals surface area contributed by atoms with E-state index in [4.69, 9.17) is 4.42 Å². The quantitative estimate of drug-likeness (QED) is 0.680. The number of esters is 1. The molecule has 1 amide bonds. The fourth-order valence-corrected chi connectivity index (χ4v) is 2.91. The highest BCUT2D eigenvalue weighted by Gasteiger charge is 2.29. The Hall–Kier alpha value is -3.29. The zero-order valence-electron chi connectivity index (χ0n) is 13.2. The maximum absolute atomic E-state index is 13.7. The average molecular weight is 341 g/mol. The number of benzene rings is 1. The number of methoxy groups -OCH3 is 1. The average Bonchev–Trinajstić information content (AvgIpc) is 3.15. The van der Waals surface area contributed by atoms with Gasteiger partial charge in [-0.1, -0.05) is 0 Å². The largest absolute Gasteiger partial charge is 0.465 e. The van der Waals surface area contributed by atoms with Crippen LogP contribution in [0.15, 0.2) is 35.1 Å². The zero-order chi connectivity index (χ0) is 17.6. The number of halogens is 1. The lowest BCUT2D eigenvalue weighted by molar-refractivity contribution is 0.0600. The van der Waals surface area contributed by atoms with E-state index in [0.29, 0.717) is 28.9 Å². The molecular weight excluding hydrogens is 329 g/mol. The van der Waals surface area contributed by atoms with Gasteiger partial charge in [0.2, 0.25) is 0 Å². The van der Waals surface area contributed by atoms with Crippen molar-refractivity contribution in [1.29, 1.82) is 0 Å². The van der Waals surface area contributed by atoms with Crippen LogP contribution in [0.1, 0.15) is 32.2 Å². The second-order valence-electron chi connectivity index (χ2n) is 5.62. The number of nitrogens with zero attached hydrogens (tertiary/aromatic N) is 3. The Morgan fingerprint density at radius 2 is 2.24 bits per heavy atom. The molecule has 0 radical (unpaired) electrons. The molecule has 8 heteroatoms. The van der Waals surface area contributed by atoms with Gasteiger partial charge in [-0.25, -0.2) is 19.2 Å². The summed E-state index contributed by atoms with van der Waals surface area (Å²) in [5, 5.41) is 0.430. The maximum atomic E-state index is 13.7. The molecule has 2 aromatic heterocycles. The number of hydrogen-bond donors (Lipinski definition) is 0. The van der Waals surface area contributed by atoms with Gasteiger partial charge in [0.1, 0.15) is 29.1 Å². The third-order valence-electron chi connectivity index (χ3n) is 4.04. The lowest BCUT2D eigenvalue weighted by atomic mass is 10.1. The van der Waals surface area contributed by atoms with E-state index < -0.39 is 11.8 Å². The minimum Gasteiger partial charge on any atom is -0.465 e. The first kappa shape index (κ1) is 15.3. The van der Waals surface area contributed by atoms with Crippen molar-refractivity contribution < 1.29 is 23.1 Å². The predicted molar refractivity (Wildman–Crippen MR) is 83.1 cm³/mol. The summed E-state index contributed by atoms with van der Waals surface area (Å²) < 4.78 is 24.1. The van der Waals surface area contributed by atoms with E-state index >= 15 is 0 Å². The Morgan fingerprint density at radius 1 is 1.40 bits per heavy atom. The number of hydrogen-bond acceptors (Lipinski definition) is 6. The van der Waals surface area contributed by atoms with Crippen molar-refractivity contribution >= 4 is 22.8 Å². The number of amides is 1. The molecule has 7 nitrogen and oxygen atoms in total. The van der Waals surface area contributed by atoms with Gasteiger partial charge in [0.05, 0.1) is 31.5 Å². The normalized spacial score (nSPS) is 13.4. The van der Waals surface area contributed by atoms with Crippen molar-refractivity contribution in [3.63, 3.8) is 0 Å². The summed E-state index contributed by atoms with van der Waals surface area (Å²) in [7, 11) is 1.21. The van der Waals surface area contributed by atoms with Crippen LogP contribution in [0.2, 0.25) is 0 Å². The van der Waals surface area contributed by atoms with Crippen LogP contribution in [0.5, 0.6) is 0 Å². The molecule has 0 saturated heterocycles. The standard InChI is InChI=1S/C17H12FN3O4/c1-24-17(23)12-4-10(18)2-9-3-11(25-15(9)12)6-21-7-14-13(16(21)22)5-19-8-20-14/h2-5,8H,6-7H2,1H3. The number of ether oxygens (including phenoxy) is 1. The van der Waals surface area contributed by atoms with E-state index in [1.54, 1.807) is 11.0 Å². The highest BCUT2D eigenvalue weighted by atomic mass is 19.1. The third kappa shape index (κ3) is 2.51. The molecule has 0 saturated carbocycles. The number of fused-ring (bicyclic) bond motifs is 2. The number of aromatic nitrogens is 2. The molecule has 4 rings (SSSR count). The number of carbonyl (C=O) groups excluding carboxylic acids is 2. The van der Waals surface area contributed by atoms with Crippen molar-refractivity contribution in [3.8, 4) is 0 Å². The number of carbonyl (C=O) groups is 2. The second kappa shape index (κ2) is 5.66. The van der Waals surface area contributed by atoms with Crippen LogP contribution in [-0.4, -0.2) is 33.9 Å². The molecule has 0 bridgehead atoms. The fraction of sp³-hybridized carbons (Fsp3) is 0.176. The van der Waals surface area contributed by atoms with Gasteiger partial charge in [0.25, 0.3) is 5.91 Å². The molecule has 3 heterocycles. The lowest BCUT2D eigenvalue weighted by Crippen LogP contribution is -2.22. The number of furan rings is 1. The Morgan fingerprint density at radius 3 is 3.00 bits per heavy atom. The van der Waals surface area contributed by atoms with Gasteiger partial charge < -0.3 is 14.1 Å². The van der Waals surface area contributed by atoms with Gasteiger partial charge in [0, 0.05) is 11.6 Å². The Balaban J connectivity index is 1.68. The summed E-state index contributed by atoms with van der Waals surface area (Å²) in [5.74, 6) is -1.03. The molecule has 0 N–H and O–H groups in total. The molecule has 1 aromatic carbocycles. The fourth-order valence-electron chi connectivity index (χ4n) is 2.91. The van der Waals surface area contributed by atoms with Crippen molar-refractivity contribution in [3.05, 3.63) is 59.1 Å². The Kier molecular flexibility index (Phi) is 3.45. The first-order valence-electron chi connectivity index (χ1n) is 7.45. The van der Waals surface area contributed by atoms with Crippen LogP contribution in [-0.2, 0) is 17.8 Å². The molecule has 0 atom stereocenters. The highest BCUT2D eigenvalue weighted by molar-refractivity contribution is 6.02. The third-order valence-corrected chi connectivity index (χ3v) is 4.04. The molecule has 25 heavy (non-hydrogen) atoms. The van der Waals surface area contributed by atoms with Gasteiger partial charge in [0.15, 0.2) is 0 Å². The second-order valence-corrected chi connectivity index (χ2v) is 5.62. The topological polar surface area (TPSA) is 85.5 Å². The minimum absolute atomic E-state index is 0.00523. The number of rotatable bonds is 3. The van der Waals surface area contributed by atoms with E-state index in [2.05, 4.69) is 14.7 Å². The molecule has 1 aliphatic rings. The van der Waals surface area contributed by atoms with E-state index in [1.807, 2.05) is 0 Å². The van der Waals surface area contributed by atoms with E-state index in [0.717, 1.165) is 6.07 Å². The molecule has 3 aromatic rings. The van der Waals surface area contributed by atoms with Crippen LogP contribution in [0, 0.1) is 5.82 Å². The Labute approximate surface area is 141 Å². The smallest absolute Gasteiger partial charge is 0.341 e. The zero-order valence-corrected chi connectivity index (χ0v) is 13.2. The van der Waals surface area contributed by atoms with Crippen LogP contribution in [0.25, 0.3) is 11.0 Å². The molecule has 0 spiro atoms. The van der Waals surface area contributed by atoms with Crippen LogP contribution in [0.3, 0.4) is 0 Å². The molecule has 0 fully saturated rings. The molecule has 0 unspecified atom stereocenters. The maximum Gasteiger partial charge on any atom is 0.341 e. The highest BCUT2D eigenvalue weighted by Crippen LogP contribution is 2.28. The summed E-state index contributed by atoms with van der Waals surface area (Å²) in [5.41, 5.74) is 1.34. The van der Waals surface area contributed by atoms with Crippen molar-refractivity contribution in [2.75, 3.05) is 7.11 Å². The summed E-state index contributed by atoms with van der Waals surface area (Å²) >= 11 is 0. The summed E-state index contributed by atoms with van der Waals surface area (Å²) in [4.78, 5) is 33.7. The van der Waals surface area contributed by atoms with Gasteiger partial charge >= 0.3 is 5.97 Å². The van der Waals surface area contributed by atoms with E-state index in [9.17, 15) is 14.0 Å². The Bertz CT molecular complexity index is 1010. The summed E-state index contributed by atoms with van der Waals surface area (Å²) in [6.07, 6.45) is 2.87. The van der Waals surface area contributed by atoms with Gasteiger partial charge in [-0.05, 0) is 18.2 Å². The van der Waals surface area contributed by atoms with Crippen molar-refractivity contribution in [2.24, 2.45) is 0 Å². The molecule has 1 aliphatic heterocycles. The van der Waals surface area contributed by atoms with E-state index in [1.165, 1.54) is 25.7 Å². The van der Waals surface area contributed by atoms with Gasteiger partial charge in [-0.15, -0.1) is 0 Å². The molecular formula is C17H12FN3O4. The van der Waals surface area contributed by atoms with Crippen LogP contribution in [0.4, 0.5) is 4.39 Å². The first-order chi connectivity index (χ1) is 12.1. The molecule has 0 aliphatic carbocycles. The SMILES string of the molecule is COC(=O)c1cc(F)cc2cc(CN3Cc4ncncc4C3=O)oc12. The van der Waals surface area contributed by atoms with Crippen molar-refractivity contribution in [2.45, 2.75) is 13.1 Å². The van der Waals surface area contributed by atoms with E-state index in [-0.39, 0.29) is 23.6 Å². The predicted octanol–water partition coefficient (Wildman–Crippen LogP) is 2.30. The first-order valence-corrected chi connectivity index (χ1v) is 7.45. The van der Waals surface area contributed by atoms with Crippen molar-refractivity contribution in [1.82, 2.24) is 14.9 Å². The monoisotopic (exact) mass is 341 g/mol. The molecule has 126 valence electrons. The lowest BCUT2D eigenvalue weighted by Gasteiger charge is -2.12. The van der Waals surface area contributed by atoms with Crippen LogP contribution < -0.4 is 0 Å². The van der Waals surface area contributed by atoms with Gasteiger partial charge in [-0.3, -0.25) is 4.79 Å². The summed E-state index contributed by atoms with van der Waals surface area (Å²) in [6.45, 7) is 0.512. The van der Waals surface area contributed by atoms with Gasteiger partial charge in [-0.2, -0.15) is 0 Å².